The van der Waals surface area contributed by atoms with Crippen molar-refractivity contribution in [1.82, 2.24) is 14.5 Å². The molecule has 256 valence electrons. The molecule has 0 aliphatic carbocycles. The molecule has 0 spiro atoms. The molecule has 1 fully saturated rings. The van der Waals surface area contributed by atoms with E-state index in [2.05, 4.69) is 15.5 Å². The number of ether oxygens (including phenoxy) is 6. The van der Waals surface area contributed by atoms with Crippen LogP contribution < -0.4 is 14.2 Å². The summed E-state index contributed by atoms with van der Waals surface area (Å²) in [6.45, 7) is 10.3. The van der Waals surface area contributed by atoms with E-state index in [9.17, 15) is 4.79 Å². The van der Waals surface area contributed by atoms with Gasteiger partial charge in [0, 0.05) is 37.3 Å². The summed E-state index contributed by atoms with van der Waals surface area (Å²) in [6, 6.07) is 21.1. The molecule has 0 amide bonds. The van der Waals surface area contributed by atoms with E-state index in [1.807, 2.05) is 54.6 Å². The number of rotatable bonds is 9. The van der Waals surface area contributed by atoms with Crippen molar-refractivity contribution < 1.29 is 33.2 Å². The molecule has 11 nitrogen and oxygen atoms in total. The van der Waals surface area contributed by atoms with Gasteiger partial charge >= 0.3 is 5.97 Å². The van der Waals surface area contributed by atoms with Gasteiger partial charge in [0.25, 0.3) is 0 Å². The largest absolute Gasteiger partial charge is 0.493 e. The predicted molar refractivity (Wildman–Crippen MR) is 186 cm³/mol. The lowest BCUT2D eigenvalue weighted by Gasteiger charge is -2.27. The first-order chi connectivity index (χ1) is 24.5. The molecule has 2 aromatic heterocycles. The van der Waals surface area contributed by atoms with Crippen molar-refractivity contribution in [3.05, 3.63) is 106 Å². The highest BCUT2D eigenvalue weighted by atomic mass is 16.5. The van der Waals surface area contributed by atoms with Crippen LogP contribution in [0.25, 0.3) is 27.1 Å². The standard InChI is InChI=1S/C39H38N4O7/c1-40-30-12-11-28-24-50-37-8-4-7-32(41-37)26-9-10-27(34(20-26)48-14-5-6-25(28)18-30)22-36-42-38-33(43(36)23-31-13-15-47-31)19-29(39(44)46-3)21-35(38)49-17-16-45-2/h4,7-12,18-21,31H,5-6,13-17,22-24H2,2-3H3/t31-/m0/s1. The number of hydrogen-bond acceptors (Lipinski definition) is 9. The van der Waals surface area contributed by atoms with Gasteiger partial charge in [-0.1, -0.05) is 42.0 Å². The van der Waals surface area contributed by atoms with Crippen LogP contribution in [0, 0.1) is 6.57 Å². The molecule has 0 radical (unpaired) electrons. The Morgan fingerprint density at radius 1 is 1.00 bits per heavy atom. The second-order valence-electron chi connectivity index (χ2n) is 12.3. The zero-order chi connectivity index (χ0) is 34.5. The zero-order valence-electron chi connectivity index (χ0n) is 28.1. The van der Waals surface area contributed by atoms with Crippen LogP contribution in [0.3, 0.4) is 0 Å². The minimum Gasteiger partial charge on any atom is -0.493 e. The number of benzene rings is 3. The number of pyridine rings is 1. The van der Waals surface area contributed by atoms with Gasteiger partial charge in [-0.25, -0.2) is 19.6 Å². The fourth-order valence-corrected chi connectivity index (χ4v) is 6.26. The third kappa shape index (κ3) is 7.13. The van der Waals surface area contributed by atoms with Gasteiger partial charge in [-0.2, -0.15) is 0 Å². The van der Waals surface area contributed by atoms with Crippen LogP contribution in [0.5, 0.6) is 17.4 Å². The van der Waals surface area contributed by atoms with Crippen molar-refractivity contribution in [2.45, 2.75) is 44.9 Å². The summed E-state index contributed by atoms with van der Waals surface area (Å²) in [5.74, 6) is 2.06. The van der Waals surface area contributed by atoms with Crippen molar-refractivity contribution in [2.24, 2.45) is 0 Å². The summed E-state index contributed by atoms with van der Waals surface area (Å²) in [7, 11) is 2.97. The molecule has 2 aliphatic heterocycles. The van der Waals surface area contributed by atoms with Crippen LogP contribution in [-0.4, -0.2) is 67.3 Å². The fraction of sp³-hybridized carbons (Fsp3) is 0.333. The van der Waals surface area contributed by atoms with Crippen LogP contribution in [-0.2, 0) is 40.2 Å². The van der Waals surface area contributed by atoms with Crippen LogP contribution in [0.1, 0.15) is 45.7 Å². The SMILES string of the molecule is [C-]#[N+]c1ccc2c(c1)CCCOc1cc(ccc1Cc1nc3c(OCCOC)cc(C(=O)OC)cc3n1C[C@@H]1CCO1)-c1cccc(n1)OC2. The first-order valence-electron chi connectivity index (χ1n) is 16.7. The minimum atomic E-state index is -0.459. The first-order valence-corrected chi connectivity index (χ1v) is 16.7. The Morgan fingerprint density at radius 3 is 2.70 bits per heavy atom. The van der Waals surface area contributed by atoms with E-state index in [1.54, 1.807) is 13.2 Å². The number of esters is 1. The first kappa shape index (κ1) is 33.1. The van der Waals surface area contributed by atoms with Crippen molar-refractivity contribution in [2.75, 3.05) is 40.6 Å². The number of methoxy groups -OCH3 is 2. The second-order valence-corrected chi connectivity index (χ2v) is 12.3. The maximum absolute atomic E-state index is 12.7. The quantitative estimate of drug-likeness (QED) is 0.0954. The Hall–Kier alpha value is -5.44. The molecule has 2 aliphatic rings. The molecule has 1 saturated heterocycles. The topological polar surface area (TPSA) is 108 Å². The second kappa shape index (κ2) is 15.0. The van der Waals surface area contributed by atoms with Gasteiger partial charge in [-0.15, -0.1) is 0 Å². The summed E-state index contributed by atoms with van der Waals surface area (Å²) in [6.07, 6.45) is 2.91. The number of carbonyl (C=O) groups excluding carboxylic acids is 1. The van der Waals surface area contributed by atoms with Crippen molar-refractivity contribution >= 4 is 22.7 Å². The van der Waals surface area contributed by atoms with Crippen molar-refractivity contribution in [1.29, 1.82) is 0 Å². The summed E-state index contributed by atoms with van der Waals surface area (Å²) in [5, 5.41) is 0. The van der Waals surface area contributed by atoms with E-state index in [4.69, 9.17) is 45.0 Å². The van der Waals surface area contributed by atoms with E-state index in [1.165, 1.54) is 7.11 Å². The lowest BCUT2D eigenvalue weighted by molar-refractivity contribution is -0.0589. The summed E-state index contributed by atoms with van der Waals surface area (Å²) in [5.41, 5.74) is 7.09. The average molecular weight is 675 g/mol. The Labute approximate surface area is 290 Å². The van der Waals surface area contributed by atoms with Gasteiger partial charge in [0.1, 0.15) is 36.1 Å². The van der Waals surface area contributed by atoms with Crippen molar-refractivity contribution in [3.63, 3.8) is 0 Å². The third-order valence-corrected chi connectivity index (χ3v) is 9.02. The van der Waals surface area contributed by atoms with E-state index in [0.717, 1.165) is 70.9 Å². The van der Waals surface area contributed by atoms with Gasteiger partial charge in [-0.3, -0.25) is 0 Å². The summed E-state index contributed by atoms with van der Waals surface area (Å²) in [4.78, 5) is 26.3. The maximum Gasteiger partial charge on any atom is 0.338 e. The smallest absolute Gasteiger partial charge is 0.338 e. The summed E-state index contributed by atoms with van der Waals surface area (Å²) < 4.78 is 37.0. The highest BCUT2D eigenvalue weighted by molar-refractivity contribution is 5.96. The molecule has 11 heteroatoms. The fourth-order valence-electron chi connectivity index (χ4n) is 6.26. The van der Waals surface area contributed by atoms with E-state index in [0.29, 0.717) is 67.8 Å². The molecule has 7 rings (SSSR count). The number of fused-ring (bicyclic) bond motifs is 7. The van der Waals surface area contributed by atoms with Crippen LogP contribution in [0.4, 0.5) is 5.69 Å². The molecule has 1 atom stereocenters. The molecule has 0 unspecified atom stereocenters. The van der Waals surface area contributed by atoms with Crippen molar-refractivity contribution in [3.8, 4) is 28.6 Å². The summed E-state index contributed by atoms with van der Waals surface area (Å²) >= 11 is 0. The lowest BCUT2D eigenvalue weighted by Crippen LogP contribution is -2.31. The molecule has 0 N–H and O–H groups in total. The van der Waals surface area contributed by atoms with E-state index < -0.39 is 5.97 Å². The normalized spacial score (nSPS) is 15.4. The Morgan fingerprint density at radius 2 is 1.90 bits per heavy atom. The molecule has 50 heavy (non-hydrogen) atoms. The number of imidazole rings is 1. The van der Waals surface area contributed by atoms with Gasteiger partial charge < -0.3 is 33.0 Å². The molecule has 0 saturated carbocycles. The van der Waals surface area contributed by atoms with Crippen LogP contribution >= 0.6 is 0 Å². The molecular formula is C39H38N4O7. The number of hydrogen-bond donors (Lipinski definition) is 0. The highest BCUT2D eigenvalue weighted by Crippen LogP contribution is 2.34. The Bertz CT molecular complexity index is 2060. The van der Waals surface area contributed by atoms with Gasteiger partial charge in [0.2, 0.25) is 5.88 Å². The molecule has 4 heterocycles. The van der Waals surface area contributed by atoms with E-state index >= 15 is 0 Å². The Kier molecular flexibility index (Phi) is 9.91. The highest BCUT2D eigenvalue weighted by Gasteiger charge is 2.25. The van der Waals surface area contributed by atoms with E-state index in [-0.39, 0.29) is 6.10 Å². The number of nitrogens with zero attached hydrogens (tertiary/aromatic N) is 4. The van der Waals surface area contributed by atoms with Gasteiger partial charge in [0.05, 0.1) is 56.3 Å². The number of aryl methyl sites for hydroxylation is 1. The van der Waals surface area contributed by atoms with Gasteiger partial charge in [0.15, 0.2) is 5.69 Å². The van der Waals surface area contributed by atoms with Crippen LogP contribution in [0.2, 0.25) is 0 Å². The average Bonchev–Trinajstić information content (AvgIpc) is 3.47. The molecule has 4 bridgehead atoms. The molecule has 5 aromatic rings. The molecule has 3 aromatic carbocycles. The number of carbonyl (C=O) groups is 1. The third-order valence-electron chi connectivity index (χ3n) is 9.02. The minimum absolute atomic E-state index is 0.0364. The number of aromatic nitrogens is 3. The predicted octanol–water partition coefficient (Wildman–Crippen LogP) is 6.74. The maximum atomic E-state index is 12.7. The Balaban J connectivity index is 1.27. The zero-order valence-corrected chi connectivity index (χ0v) is 28.1. The monoisotopic (exact) mass is 674 g/mol. The van der Waals surface area contributed by atoms with Gasteiger partial charge in [-0.05, 0) is 49.1 Å². The lowest BCUT2D eigenvalue weighted by atomic mass is 10.0. The molecular weight excluding hydrogens is 636 g/mol. The van der Waals surface area contributed by atoms with Crippen LogP contribution in [0.15, 0.2) is 66.7 Å².